The Morgan fingerprint density at radius 1 is 1.30 bits per heavy atom. The zero-order chi connectivity index (χ0) is 13.9. The Morgan fingerprint density at radius 3 is 3.00 bits per heavy atom. The SMILES string of the molecule is CC1CN(CCc2cccc3cccnc23)CCC1=O. The number of carbonyl (C=O) groups excluding carboxylic acids is 1. The molecule has 1 atom stereocenters. The average molecular weight is 268 g/mol. The van der Waals surface area contributed by atoms with E-state index >= 15 is 0 Å². The summed E-state index contributed by atoms with van der Waals surface area (Å²) in [5.74, 6) is 0.600. The van der Waals surface area contributed by atoms with Gasteiger partial charge in [-0.2, -0.15) is 0 Å². The number of Topliss-reactive ketones (excluding diaryl/α,β-unsaturated/α-hetero) is 1. The molecule has 1 unspecified atom stereocenters. The van der Waals surface area contributed by atoms with Gasteiger partial charge in [-0.1, -0.05) is 31.2 Å². The molecule has 0 amide bonds. The number of nitrogens with zero attached hydrogens (tertiary/aromatic N) is 2. The summed E-state index contributed by atoms with van der Waals surface area (Å²) in [6.45, 7) is 4.85. The van der Waals surface area contributed by atoms with Gasteiger partial charge < -0.3 is 4.90 Å². The fourth-order valence-electron chi connectivity index (χ4n) is 2.95. The third-order valence-corrected chi connectivity index (χ3v) is 4.17. The van der Waals surface area contributed by atoms with E-state index < -0.39 is 0 Å². The number of pyridine rings is 1. The maximum Gasteiger partial charge on any atom is 0.138 e. The summed E-state index contributed by atoms with van der Waals surface area (Å²) in [6.07, 6.45) is 3.55. The van der Waals surface area contributed by atoms with Gasteiger partial charge in [0.15, 0.2) is 0 Å². The maximum absolute atomic E-state index is 11.6. The lowest BCUT2D eigenvalue weighted by molar-refractivity contribution is -0.125. The lowest BCUT2D eigenvalue weighted by Gasteiger charge is -2.29. The third-order valence-electron chi connectivity index (χ3n) is 4.17. The Balaban J connectivity index is 1.70. The molecule has 0 saturated carbocycles. The lowest BCUT2D eigenvalue weighted by atomic mass is 9.98. The first-order valence-electron chi connectivity index (χ1n) is 7.32. The molecule has 1 aromatic heterocycles. The van der Waals surface area contributed by atoms with Crippen molar-refractivity contribution >= 4 is 16.7 Å². The second-order valence-corrected chi connectivity index (χ2v) is 5.66. The minimum atomic E-state index is 0.189. The van der Waals surface area contributed by atoms with E-state index in [4.69, 9.17) is 0 Å². The molecule has 2 aromatic rings. The standard InChI is InChI=1S/C17H20N2O/c1-13-12-19(11-8-16(13)20)10-7-15-5-2-4-14-6-3-9-18-17(14)15/h2-6,9,13H,7-8,10-12H2,1H3. The minimum absolute atomic E-state index is 0.189. The van der Waals surface area contributed by atoms with E-state index in [0.717, 1.165) is 31.6 Å². The van der Waals surface area contributed by atoms with Crippen LogP contribution in [0.15, 0.2) is 36.5 Å². The Labute approximate surface area is 119 Å². The number of fused-ring (bicyclic) bond motifs is 1. The van der Waals surface area contributed by atoms with E-state index in [1.54, 1.807) is 0 Å². The van der Waals surface area contributed by atoms with Crippen molar-refractivity contribution in [2.75, 3.05) is 19.6 Å². The molecule has 0 N–H and O–H groups in total. The highest BCUT2D eigenvalue weighted by molar-refractivity contribution is 5.82. The number of likely N-dealkylation sites (tertiary alicyclic amines) is 1. The molecule has 1 aliphatic heterocycles. The van der Waals surface area contributed by atoms with Crippen LogP contribution >= 0.6 is 0 Å². The molecule has 1 saturated heterocycles. The van der Waals surface area contributed by atoms with E-state index in [1.165, 1.54) is 10.9 Å². The second-order valence-electron chi connectivity index (χ2n) is 5.66. The summed E-state index contributed by atoms with van der Waals surface area (Å²) in [5, 5.41) is 1.20. The van der Waals surface area contributed by atoms with Crippen LogP contribution in [0.1, 0.15) is 18.9 Å². The number of rotatable bonds is 3. The number of carbonyl (C=O) groups is 1. The van der Waals surface area contributed by atoms with Crippen LogP contribution in [-0.2, 0) is 11.2 Å². The van der Waals surface area contributed by atoms with Crippen LogP contribution in [0.2, 0.25) is 0 Å². The number of hydrogen-bond acceptors (Lipinski definition) is 3. The average Bonchev–Trinajstić information content (AvgIpc) is 2.48. The molecular weight excluding hydrogens is 248 g/mol. The van der Waals surface area contributed by atoms with Crippen molar-refractivity contribution in [1.82, 2.24) is 9.88 Å². The van der Waals surface area contributed by atoms with E-state index in [9.17, 15) is 4.79 Å². The summed E-state index contributed by atoms with van der Waals surface area (Å²) < 4.78 is 0. The second kappa shape index (κ2) is 5.71. The number of ketones is 1. The van der Waals surface area contributed by atoms with Gasteiger partial charge in [-0.3, -0.25) is 9.78 Å². The van der Waals surface area contributed by atoms with E-state index in [0.29, 0.717) is 12.2 Å². The highest BCUT2D eigenvalue weighted by Gasteiger charge is 2.22. The van der Waals surface area contributed by atoms with Gasteiger partial charge in [-0.05, 0) is 18.1 Å². The summed E-state index contributed by atoms with van der Waals surface area (Å²) in [6, 6.07) is 10.4. The fourth-order valence-corrected chi connectivity index (χ4v) is 2.95. The van der Waals surface area contributed by atoms with Gasteiger partial charge in [0.05, 0.1) is 5.52 Å². The number of benzene rings is 1. The van der Waals surface area contributed by atoms with Gasteiger partial charge in [0.25, 0.3) is 0 Å². The molecule has 3 nitrogen and oxygen atoms in total. The zero-order valence-corrected chi connectivity index (χ0v) is 11.9. The number of para-hydroxylation sites is 1. The molecule has 104 valence electrons. The summed E-state index contributed by atoms with van der Waals surface area (Å²) in [5.41, 5.74) is 2.41. The minimum Gasteiger partial charge on any atom is -0.302 e. The molecule has 1 fully saturated rings. The van der Waals surface area contributed by atoms with Crippen molar-refractivity contribution in [3.63, 3.8) is 0 Å². The molecular formula is C17H20N2O. The first-order valence-corrected chi connectivity index (χ1v) is 7.32. The van der Waals surface area contributed by atoms with Crippen LogP contribution in [0.5, 0.6) is 0 Å². The summed E-state index contributed by atoms with van der Waals surface area (Å²) in [4.78, 5) is 18.4. The molecule has 0 bridgehead atoms. The van der Waals surface area contributed by atoms with Crippen LogP contribution in [0.3, 0.4) is 0 Å². The van der Waals surface area contributed by atoms with Crippen molar-refractivity contribution in [3.05, 3.63) is 42.1 Å². The van der Waals surface area contributed by atoms with Gasteiger partial charge in [0.2, 0.25) is 0 Å². The van der Waals surface area contributed by atoms with Crippen LogP contribution in [0.25, 0.3) is 10.9 Å². The highest BCUT2D eigenvalue weighted by Crippen LogP contribution is 2.18. The van der Waals surface area contributed by atoms with Gasteiger partial charge in [-0.15, -0.1) is 0 Å². The lowest BCUT2D eigenvalue weighted by Crippen LogP contribution is -2.40. The third kappa shape index (κ3) is 2.73. The Kier molecular flexibility index (Phi) is 3.79. The smallest absolute Gasteiger partial charge is 0.138 e. The van der Waals surface area contributed by atoms with Crippen LogP contribution in [0, 0.1) is 5.92 Å². The molecule has 1 aromatic carbocycles. The Bertz CT molecular complexity index is 618. The molecule has 3 heteroatoms. The fraction of sp³-hybridized carbons (Fsp3) is 0.412. The van der Waals surface area contributed by atoms with Crippen molar-refractivity contribution in [2.24, 2.45) is 5.92 Å². The van der Waals surface area contributed by atoms with Gasteiger partial charge in [0.1, 0.15) is 5.78 Å². The molecule has 2 heterocycles. The van der Waals surface area contributed by atoms with Crippen molar-refractivity contribution < 1.29 is 4.79 Å². The van der Waals surface area contributed by atoms with Crippen LogP contribution < -0.4 is 0 Å². The number of piperidine rings is 1. The molecule has 0 radical (unpaired) electrons. The number of hydrogen-bond donors (Lipinski definition) is 0. The Hall–Kier alpha value is -1.74. The molecule has 3 rings (SSSR count). The Morgan fingerprint density at radius 2 is 2.15 bits per heavy atom. The van der Waals surface area contributed by atoms with Crippen molar-refractivity contribution in [2.45, 2.75) is 19.8 Å². The van der Waals surface area contributed by atoms with Gasteiger partial charge in [0, 0.05) is 43.6 Å². The van der Waals surface area contributed by atoms with Crippen molar-refractivity contribution in [3.8, 4) is 0 Å². The highest BCUT2D eigenvalue weighted by atomic mass is 16.1. The summed E-state index contributed by atoms with van der Waals surface area (Å²) in [7, 11) is 0. The first-order chi connectivity index (χ1) is 9.74. The topological polar surface area (TPSA) is 33.2 Å². The zero-order valence-electron chi connectivity index (χ0n) is 11.9. The monoisotopic (exact) mass is 268 g/mol. The predicted molar refractivity (Wildman–Crippen MR) is 80.7 cm³/mol. The quantitative estimate of drug-likeness (QED) is 0.858. The first kappa shape index (κ1) is 13.3. The van der Waals surface area contributed by atoms with Crippen molar-refractivity contribution in [1.29, 1.82) is 0 Å². The number of aromatic nitrogens is 1. The molecule has 0 aliphatic carbocycles. The van der Waals surface area contributed by atoms with E-state index in [-0.39, 0.29) is 5.92 Å². The molecule has 20 heavy (non-hydrogen) atoms. The van der Waals surface area contributed by atoms with Gasteiger partial charge in [-0.25, -0.2) is 0 Å². The van der Waals surface area contributed by atoms with E-state index in [2.05, 4.69) is 34.1 Å². The van der Waals surface area contributed by atoms with Crippen LogP contribution in [-0.4, -0.2) is 35.3 Å². The van der Waals surface area contributed by atoms with Gasteiger partial charge >= 0.3 is 0 Å². The summed E-state index contributed by atoms with van der Waals surface area (Å²) >= 11 is 0. The maximum atomic E-state index is 11.6. The van der Waals surface area contributed by atoms with E-state index in [1.807, 2.05) is 19.2 Å². The largest absolute Gasteiger partial charge is 0.302 e. The van der Waals surface area contributed by atoms with Crippen LogP contribution in [0.4, 0.5) is 0 Å². The molecule has 1 aliphatic rings. The molecule has 0 spiro atoms. The predicted octanol–water partition coefficient (Wildman–Crippen LogP) is 2.69. The normalized spacial score (nSPS) is 20.4.